The van der Waals surface area contributed by atoms with Crippen LogP contribution in [0, 0.1) is 0 Å². The van der Waals surface area contributed by atoms with Crippen molar-refractivity contribution in [2.24, 2.45) is 5.73 Å². The molecule has 0 aliphatic heterocycles. The van der Waals surface area contributed by atoms with Gasteiger partial charge in [-0.05, 0) is 52.9 Å². The van der Waals surface area contributed by atoms with Crippen LogP contribution >= 0.6 is 11.3 Å². The fourth-order valence-electron chi connectivity index (χ4n) is 2.12. The maximum atomic E-state index is 5.92. The Balaban J connectivity index is 2.27. The van der Waals surface area contributed by atoms with Gasteiger partial charge in [-0.25, -0.2) is 0 Å². The summed E-state index contributed by atoms with van der Waals surface area (Å²) >= 11 is 1.81. The predicted octanol–water partition coefficient (Wildman–Crippen LogP) is 2.33. The quantitative estimate of drug-likeness (QED) is 0.676. The molecule has 0 amide bonds. The van der Waals surface area contributed by atoms with Gasteiger partial charge in [0.25, 0.3) is 0 Å². The minimum atomic E-state index is 0.353. The second kappa shape index (κ2) is 2.56. The molecule has 0 saturated carbocycles. The Labute approximate surface area is 81.2 Å². The molecule has 2 aromatic rings. The van der Waals surface area contributed by atoms with Crippen molar-refractivity contribution in [3.8, 4) is 0 Å². The van der Waals surface area contributed by atoms with Crippen molar-refractivity contribution in [3.63, 3.8) is 0 Å². The third kappa shape index (κ3) is 1.10. The van der Waals surface area contributed by atoms with Crippen LogP contribution < -0.4 is 5.73 Å². The van der Waals surface area contributed by atoms with Crippen molar-refractivity contribution in [2.45, 2.75) is 18.9 Å². The average Bonchev–Trinajstić information content (AvgIpc) is 2.63. The lowest BCUT2D eigenvalue weighted by atomic mass is 10.1. The van der Waals surface area contributed by atoms with E-state index in [9.17, 15) is 0 Å². The lowest BCUT2D eigenvalue weighted by Crippen LogP contribution is -2.18. The Hall–Kier alpha value is -0.860. The van der Waals surface area contributed by atoms with E-state index in [2.05, 4.69) is 23.6 Å². The summed E-state index contributed by atoms with van der Waals surface area (Å²) in [5, 5.41) is 3.53. The summed E-state index contributed by atoms with van der Waals surface area (Å²) in [6, 6.07) is 7.15. The molecule has 2 N–H and O–H groups in total. The van der Waals surface area contributed by atoms with Gasteiger partial charge in [0.05, 0.1) is 0 Å². The van der Waals surface area contributed by atoms with Crippen LogP contribution in [0.2, 0.25) is 0 Å². The number of thiophene rings is 1. The summed E-state index contributed by atoms with van der Waals surface area (Å²) in [5.41, 5.74) is 8.84. The first-order valence-corrected chi connectivity index (χ1v) is 5.45. The van der Waals surface area contributed by atoms with Crippen molar-refractivity contribution in [3.05, 3.63) is 34.7 Å². The van der Waals surface area contributed by atoms with Gasteiger partial charge in [0.2, 0.25) is 0 Å². The molecule has 13 heavy (non-hydrogen) atoms. The normalized spacial score (nSPS) is 20.8. The number of hydrogen-bond donors (Lipinski definition) is 1. The first-order chi connectivity index (χ1) is 6.33. The van der Waals surface area contributed by atoms with Crippen LogP contribution in [0.4, 0.5) is 0 Å². The highest BCUT2D eigenvalue weighted by atomic mass is 32.1. The molecule has 0 radical (unpaired) electrons. The summed E-state index contributed by atoms with van der Waals surface area (Å²) in [7, 11) is 0. The molecule has 1 aliphatic rings. The number of nitrogens with two attached hydrogens (primary N) is 1. The van der Waals surface area contributed by atoms with Gasteiger partial charge in [-0.3, -0.25) is 0 Å². The molecule has 0 unspecified atom stereocenters. The van der Waals surface area contributed by atoms with E-state index in [1.54, 1.807) is 0 Å². The minimum Gasteiger partial charge on any atom is -0.327 e. The Morgan fingerprint density at radius 2 is 2.00 bits per heavy atom. The van der Waals surface area contributed by atoms with Crippen molar-refractivity contribution in [2.75, 3.05) is 0 Å². The average molecular weight is 189 g/mol. The predicted molar refractivity (Wildman–Crippen MR) is 57.2 cm³/mol. The van der Waals surface area contributed by atoms with Crippen LogP contribution in [0.5, 0.6) is 0 Å². The number of benzene rings is 1. The Bertz CT molecular complexity index is 418. The third-order valence-corrected chi connectivity index (χ3v) is 3.62. The highest BCUT2D eigenvalue weighted by molar-refractivity contribution is 7.17. The van der Waals surface area contributed by atoms with Crippen molar-refractivity contribution in [1.29, 1.82) is 0 Å². The molecule has 1 nitrogen and oxygen atoms in total. The fraction of sp³-hybridized carbons (Fsp3) is 0.273. The second-order valence-corrected chi connectivity index (χ2v) is 4.70. The molecule has 2 heteroatoms. The molecule has 66 valence electrons. The van der Waals surface area contributed by atoms with E-state index in [4.69, 9.17) is 5.73 Å². The minimum absolute atomic E-state index is 0.353. The van der Waals surface area contributed by atoms with E-state index in [0.29, 0.717) is 6.04 Å². The third-order valence-electron chi connectivity index (χ3n) is 2.74. The molecule has 0 spiro atoms. The highest BCUT2D eigenvalue weighted by Crippen LogP contribution is 2.29. The summed E-state index contributed by atoms with van der Waals surface area (Å²) in [5.74, 6) is 0. The molecule has 1 heterocycles. The summed E-state index contributed by atoms with van der Waals surface area (Å²) < 4.78 is 1.40. The van der Waals surface area contributed by atoms with Gasteiger partial charge in [-0.2, -0.15) is 0 Å². The van der Waals surface area contributed by atoms with Crippen LogP contribution in [0.3, 0.4) is 0 Å². The van der Waals surface area contributed by atoms with E-state index in [1.165, 1.54) is 21.2 Å². The summed E-state index contributed by atoms with van der Waals surface area (Å²) in [6.07, 6.45) is 2.12. The van der Waals surface area contributed by atoms with Crippen LogP contribution in [0.1, 0.15) is 11.1 Å². The lowest BCUT2D eigenvalue weighted by molar-refractivity contribution is 0.721. The molecule has 3 rings (SSSR count). The maximum Gasteiger partial charge on any atom is 0.0345 e. The van der Waals surface area contributed by atoms with Crippen LogP contribution in [0.25, 0.3) is 10.1 Å². The molecular weight excluding hydrogens is 178 g/mol. The molecule has 0 saturated heterocycles. The zero-order chi connectivity index (χ0) is 8.84. The zero-order valence-corrected chi connectivity index (χ0v) is 8.10. The SMILES string of the molecule is N[C@@H]1Cc2cc3ccsc3cc2C1. The molecule has 1 aromatic heterocycles. The highest BCUT2D eigenvalue weighted by Gasteiger charge is 2.18. The van der Waals surface area contributed by atoms with Gasteiger partial charge < -0.3 is 5.73 Å². The molecule has 0 bridgehead atoms. The van der Waals surface area contributed by atoms with E-state index in [1.807, 2.05) is 11.3 Å². The molecular formula is C11H11NS. The topological polar surface area (TPSA) is 26.0 Å². The largest absolute Gasteiger partial charge is 0.327 e. The number of rotatable bonds is 0. The van der Waals surface area contributed by atoms with Crippen LogP contribution in [-0.4, -0.2) is 6.04 Å². The summed E-state index contributed by atoms with van der Waals surface area (Å²) in [4.78, 5) is 0. The Morgan fingerprint density at radius 3 is 2.85 bits per heavy atom. The maximum absolute atomic E-state index is 5.92. The Kier molecular flexibility index (Phi) is 1.49. The standard InChI is InChI=1S/C11H11NS/c12-10-4-8-3-7-1-2-13-11(7)6-9(8)5-10/h1-3,6,10H,4-5,12H2/t10-/m1/s1. The molecule has 0 fully saturated rings. The van der Waals surface area contributed by atoms with Gasteiger partial charge in [-0.15, -0.1) is 11.3 Å². The second-order valence-electron chi connectivity index (χ2n) is 3.75. The summed E-state index contributed by atoms with van der Waals surface area (Å²) in [6.45, 7) is 0. The smallest absolute Gasteiger partial charge is 0.0345 e. The van der Waals surface area contributed by atoms with Crippen molar-refractivity contribution in [1.82, 2.24) is 0 Å². The first-order valence-electron chi connectivity index (χ1n) is 4.57. The van der Waals surface area contributed by atoms with Crippen LogP contribution in [-0.2, 0) is 12.8 Å². The van der Waals surface area contributed by atoms with Gasteiger partial charge in [0, 0.05) is 10.7 Å². The van der Waals surface area contributed by atoms with Gasteiger partial charge in [-0.1, -0.05) is 0 Å². The van der Waals surface area contributed by atoms with E-state index in [0.717, 1.165) is 12.8 Å². The lowest BCUT2D eigenvalue weighted by Gasteiger charge is -1.97. The fourth-order valence-corrected chi connectivity index (χ4v) is 2.95. The van der Waals surface area contributed by atoms with Gasteiger partial charge in [0.1, 0.15) is 0 Å². The van der Waals surface area contributed by atoms with Crippen LogP contribution in [0.15, 0.2) is 23.6 Å². The first kappa shape index (κ1) is 7.54. The zero-order valence-electron chi connectivity index (χ0n) is 7.29. The van der Waals surface area contributed by atoms with Crippen molar-refractivity contribution < 1.29 is 0 Å². The molecule has 1 aromatic carbocycles. The van der Waals surface area contributed by atoms with Gasteiger partial charge in [0.15, 0.2) is 0 Å². The number of fused-ring (bicyclic) bond motifs is 2. The monoisotopic (exact) mass is 189 g/mol. The number of hydrogen-bond acceptors (Lipinski definition) is 2. The van der Waals surface area contributed by atoms with E-state index < -0.39 is 0 Å². The van der Waals surface area contributed by atoms with E-state index in [-0.39, 0.29) is 0 Å². The van der Waals surface area contributed by atoms with Crippen molar-refractivity contribution >= 4 is 21.4 Å². The Morgan fingerprint density at radius 1 is 1.23 bits per heavy atom. The van der Waals surface area contributed by atoms with Gasteiger partial charge >= 0.3 is 0 Å². The molecule has 1 aliphatic carbocycles. The molecule has 1 atom stereocenters. The van der Waals surface area contributed by atoms with E-state index >= 15 is 0 Å².